The van der Waals surface area contributed by atoms with Gasteiger partial charge >= 0.3 is 0 Å². The second-order valence-electron chi connectivity index (χ2n) is 6.20. The third kappa shape index (κ3) is 4.33. The van der Waals surface area contributed by atoms with Crippen LogP contribution < -0.4 is 4.80 Å². The van der Waals surface area contributed by atoms with Crippen molar-refractivity contribution in [1.29, 1.82) is 0 Å². The number of benzene rings is 2. The average Bonchev–Trinajstić information content (AvgIpc) is 3.03. The zero-order chi connectivity index (χ0) is 20.5. The number of hydrogen-bond acceptors (Lipinski definition) is 4. The molecule has 1 heterocycles. The normalized spacial score (nSPS) is 12.6. The van der Waals surface area contributed by atoms with Gasteiger partial charge in [0.05, 0.1) is 25.9 Å². The van der Waals surface area contributed by atoms with Gasteiger partial charge < -0.3 is 4.57 Å². The zero-order valence-electron chi connectivity index (χ0n) is 15.3. The van der Waals surface area contributed by atoms with E-state index in [9.17, 15) is 13.2 Å². The molecule has 0 spiro atoms. The molecule has 0 atom stereocenters. The van der Waals surface area contributed by atoms with E-state index in [1.54, 1.807) is 0 Å². The molecule has 2 aromatic carbocycles. The lowest BCUT2D eigenvalue weighted by molar-refractivity contribution is -0.117. The lowest BCUT2D eigenvalue weighted by Gasteiger charge is -2.04. The summed E-state index contributed by atoms with van der Waals surface area (Å²) >= 11 is 13.4. The van der Waals surface area contributed by atoms with Gasteiger partial charge in [0.25, 0.3) is 0 Å². The lowest BCUT2D eigenvalue weighted by atomic mass is 10.2. The second kappa shape index (κ2) is 8.37. The Kier molecular flexibility index (Phi) is 6.29. The Morgan fingerprint density at radius 3 is 2.46 bits per heavy atom. The molecule has 28 heavy (non-hydrogen) atoms. The number of sulfone groups is 1. The zero-order valence-corrected chi connectivity index (χ0v) is 18.4. The number of halogens is 2. The third-order valence-electron chi connectivity index (χ3n) is 4.27. The van der Waals surface area contributed by atoms with Gasteiger partial charge in [0, 0.05) is 18.0 Å². The maximum Gasteiger partial charge on any atom is 0.249 e. The summed E-state index contributed by atoms with van der Waals surface area (Å²) in [5.74, 6) is -0.798. The molecule has 3 aromatic rings. The van der Waals surface area contributed by atoms with E-state index in [2.05, 4.69) is 4.99 Å². The quantitative estimate of drug-likeness (QED) is 0.561. The molecule has 0 bridgehead atoms. The number of aromatic nitrogens is 1. The van der Waals surface area contributed by atoms with E-state index < -0.39 is 15.7 Å². The second-order valence-corrected chi connectivity index (χ2v) is 10.1. The third-order valence-corrected chi connectivity index (χ3v) is 7.80. The van der Waals surface area contributed by atoms with Gasteiger partial charge in [-0.15, -0.1) is 0 Å². The summed E-state index contributed by atoms with van der Waals surface area (Å²) in [5, 5.41) is 1.06. The number of carbonyl (C=O) groups excluding carboxylic acids is 1. The highest BCUT2D eigenvalue weighted by atomic mass is 35.5. The molecule has 0 N–H and O–H groups in total. The molecule has 0 unspecified atom stereocenters. The number of nitrogens with zero attached hydrogens (tertiary/aromatic N) is 2. The van der Waals surface area contributed by atoms with Crippen LogP contribution in [0.3, 0.4) is 0 Å². The summed E-state index contributed by atoms with van der Waals surface area (Å²) in [7, 11) is -3.58. The molecule has 0 aliphatic rings. The predicted octanol–water partition coefficient (Wildman–Crippen LogP) is 4.63. The van der Waals surface area contributed by atoms with E-state index in [1.165, 1.54) is 35.6 Å². The number of carbonyl (C=O) groups is 1. The first-order valence-corrected chi connectivity index (χ1v) is 11.8. The van der Waals surface area contributed by atoms with Crippen molar-refractivity contribution in [3.63, 3.8) is 0 Å². The topological polar surface area (TPSA) is 68.5 Å². The lowest BCUT2D eigenvalue weighted by Crippen LogP contribution is -2.17. The van der Waals surface area contributed by atoms with Crippen LogP contribution in [0.5, 0.6) is 0 Å². The van der Waals surface area contributed by atoms with Gasteiger partial charge in [-0.2, -0.15) is 4.99 Å². The summed E-state index contributed by atoms with van der Waals surface area (Å²) in [4.78, 5) is 17.2. The Bertz CT molecular complexity index is 1210. The largest absolute Gasteiger partial charge is 0.316 e. The first-order chi connectivity index (χ1) is 13.2. The summed E-state index contributed by atoms with van der Waals surface area (Å²) in [6.07, 6.45) is -0.199. The smallest absolute Gasteiger partial charge is 0.249 e. The molecule has 3 rings (SSSR count). The molecular weight excluding hydrogens is 439 g/mol. The Morgan fingerprint density at radius 2 is 1.82 bits per heavy atom. The molecule has 0 aliphatic heterocycles. The summed E-state index contributed by atoms with van der Waals surface area (Å²) in [6, 6.07) is 9.62. The van der Waals surface area contributed by atoms with Crippen molar-refractivity contribution in [3.05, 3.63) is 56.8 Å². The van der Waals surface area contributed by atoms with Crippen LogP contribution in [-0.2, 0) is 21.2 Å². The first kappa shape index (κ1) is 21.0. The van der Waals surface area contributed by atoms with Crippen LogP contribution in [-0.4, -0.2) is 24.6 Å². The fraction of sp³-hybridized carbons (Fsp3) is 0.263. The number of hydrogen-bond donors (Lipinski definition) is 0. The van der Waals surface area contributed by atoms with E-state index >= 15 is 0 Å². The Balaban J connectivity index is 1.88. The van der Waals surface area contributed by atoms with E-state index in [1.807, 2.05) is 30.5 Å². The number of rotatable bonds is 5. The minimum absolute atomic E-state index is 0.137. The van der Waals surface area contributed by atoms with Crippen LogP contribution in [0.2, 0.25) is 10.0 Å². The molecule has 148 valence electrons. The van der Waals surface area contributed by atoms with Crippen molar-refractivity contribution < 1.29 is 13.2 Å². The SMILES string of the molecule is CCn1c(=NC(=O)CCS(=O)(=O)c2ccc(Cl)cc2)sc2c(Cl)ccc(C)c21. The van der Waals surface area contributed by atoms with Gasteiger partial charge in [0.15, 0.2) is 14.6 Å². The standard InChI is InChI=1S/C19H18Cl2N2O3S2/c1-3-23-17-12(2)4-9-15(21)18(17)27-19(23)22-16(24)10-11-28(25,26)14-7-5-13(20)6-8-14/h4-9H,3,10-11H2,1-2H3. The summed E-state index contributed by atoms with van der Waals surface area (Å²) in [5.41, 5.74) is 1.98. The molecule has 1 aromatic heterocycles. The number of fused-ring (bicyclic) bond motifs is 1. The minimum Gasteiger partial charge on any atom is -0.316 e. The highest BCUT2D eigenvalue weighted by Crippen LogP contribution is 2.28. The fourth-order valence-electron chi connectivity index (χ4n) is 2.84. The van der Waals surface area contributed by atoms with E-state index in [-0.39, 0.29) is 17.1 Å². The molecule has 5 nitrogen and oxygen atoms in total. The maximum absolute atomic E-state index is 12.4. The Labute approximate surface area is 177 Å². The minimum atomic E-state index is -3.58. The van der Waals surface area contributed by atoms with Crippen molar-refractivity contribution in [2.24, 2.45) is 4.99 Å². The Hall–Kier alpha value is -1.67. The van der Waals surface area contributed by atoms with Crippen molar-refractivity contribution in [3.8, 4) is 0 Å². The summed E-state index contributed by atoms with van der Waals surface area (Å²) < 4.78 is 27.6. The number of aryl methyl sites for hydroxylation is 2. The Morgan fingerprint density at radius 1 is 1.14 bits per heavy atom. The summed E-state index contributed by atoms with van der Waals surface area (Å²) in [6.45, 7) is 4.55. The molecule has 1 amide bonds. The van der Waals surface area contributed by atoms with Gasteiger partial charge in [-0.3, -0.25) is 4.79 Å². The molecule has 0 fully saturated rings. The van der Waals surface area contributed by atoms with Crippen LogP contribution in [0.4, 0.5) is 0 Å². The molecule has 0 radical (unpaired) electrons. The van der Waals surface area contributed by atoms with Gasteiger partial charge in [-0.1, -0.05) is 40.6 Å². The number of thiazole rings is 1. The molecule has 0 aliphatic carbocycles. The highest BCUT2D eigenvalue weighted by Gasteiger charge is 2.17. The monoisotopic (exact) mass is 456 g/mol. The molecular formula is C19H18Cl2N2O3S2. The van der Waals surface area contributed by atoms with Gasteiger partial charge in [0.2, 0.25) is 5.91 Å². The van der Waals surface area contributed by atoms with Crippen molar-refractivity contribution >= 4 is 60.5 Å². The highest BCUT2D eigenvalue weighted by molar-refractivity contribution is 7.91. The van der Waals surface area contributed by atoms with Crippen LogP contribution in [0, 0.1) is 6.92 Å². The van der Waals surface area contributed by atoms with E-state index in [4.69, 9.17) is 23.2 Å². The predicted molar refractivity (Wildman–Crippen MR) is 114 cm³/mol. The maximum atomic E-state index is 12.4. The van der Waals surface area contributed by atoms with Gasteiger partial charge in [-0.25, -0.2) is 8.42 Å². The van der Waals surface area contributed by atoms with E-state index in [0.717, 1.165) is 15.8 Å². The van der Waals surface area contributed by atoms with Crippen LogP contribution in [0.1, 0.15) is 18.9 Å². The van der Waals surface area contributed by atoms with Crippen LogP contribution >= 0.6 is 34.5 Å². The van der Waals surface area contributed by atoms with Crippen LogP contribution in [0.25, 0.3) is 10.2 Å². The molecule has 0 saturated carbocycles. The van der Waals surface area contributed by atoms with Crippen molar-refractivity contribution in [2.75, 3.05) is 5.75 Å². The fourth-order valence-corrected chi connectivity index (χ4v) is 5.66. The van der Waals surface area contributed by atoms with Crippen molar-refractivity contribution in [1.82, 2.24) is 4.57 Å². The average molecular weight is 457 g/mol. The van der Waals surface area contributed by atoms with E-state index in [0.29, 0.717) is 21.4 Å². The molecule has 9 heteroatoms. The number of amides is 1. The van der Waals surface area contributed by atoms with Crippen LogP contribution in [0.15, 0.2) is 46.3 Å². The van der Waals surface area contributed by atoms with Gasteiger partial charge in [0.1, 0.15) is 0 Å². The molecule has 0 saturated heterocycles. The van der Waals surface area contributed by atoms with Gasteiger partial charge in [-0.05, 0) is 49.7 Å². The van der Waals surface area contributed by atoms with Crippen molar-refractivity contribution in [2.45, 2.75) is 31.7 Å². The first-order valence-electron chi connectivity index (χ1n) is 8.57.